The third kappa shape index (κ3) is 5.18. The summed E-state index contributed by atoms with van der Waals surface area (Å²) in [6, 6.07) is 2.28. The van der Waals surface area contributed by atoms with Crippen molar-refractivity contribution in [3.8, 4) is 5.88 Å². The van der Waals surface area contributed by atoms with Crippen LogP contribution in [0.1, 0.15) is 71.5 Å². The Morgan fingerprint density at radius 2 is 1.86 bits per heavy atom. The number of rotatable bonds is 6. The molecular weight excluding hydrogens is 262 g/mol. The molecule has 1 aromatic heterocycles. The average molecular weight is 291 g/mol. The Kier molecular flexibility index (Phi) is 5.83. The highest BCUT2D eigenvalue weighted by Gasteiger charge is 2.20. The van der Waals surface area contributed by atoms with Crippen LogP contribution in [0.2, 0.25) is 0 Å². The summed E-state index contributed by atoms with van der Waals surface area (Å²) in [6.07, 6.45) is 6.33. The van der Waals surface area contributed by atoms with Crippen molar-refractivity contribution < 1.29 is 4.74 Å². The van der Waals surface area contributed by atoms with Crippen molar-refractivity contribution in [3.63, 3.8) is 0 Å². The zero-order chi connectivity index (χ0) is 15.2. The molecule has 0 spiro atoms. The van der Waals surface area contributed by atoms with E-state index in [9.17, 15) is 0 Å². The van der Waals surface area contributed by atoms with Crippen molar-refractivity contribution in [1.29, 1.82) is 0 Å². The van der Waals surface area contributed by atoms with Gasteiger partial charge in [0.05, 0.1) is 6.61 Å². The smallest absolute Gasteiger partial charge is 0.218 e. The van der Waals surface area contributed by atoms with Crippen molar-refractivity contribution in [2.45, 2.75) is 71.8 Å². The Hall–Kier alpha value is -1.32. The van der Waals surface area contributed by atoms with Gasteiger partial charge in [0.1, 0.15) is 11.6 Å². The van der Waals surface area contributed by atoms with Gasteiger partial charge in [-0.15, -0.1) is 0 Å². The van der Waals surface area contributed by atoms with E-state index in [-0.39, 0.29) is 0 Å². The maximum atomic E-state index is 5.83. The predicted octanol–water partition coefficient (Wildman–Crippen LogP) is 4.38. The molecule has 0 atom stereocenters. The normalized spacial score (nSPS) is 16.5. The minimum atomic E-state index is 0.358. The Bertz CT molecular complexity index is 440. The van der Waals surface area contributed by atoms with Crippen LogP contribution in [-0.4, -0.2) is 22.6 Å². The van der Waals surface area contributed by atoms with Crippen molar-refractivity contribution in [2.75, 3.05) is 11.9 Å². The Morgan fingerprint density at radius 1 is 1.14 bits per heavy atom. The molecule has 4 nitrogen and oxygen atoms in total. The standard InChI is InChI=1S/C17H29N3O/c1-12(2)11-21-16-10-15(18-13(3)4)19-17(20-16)14-8-6-5-7-9-14/h10,12-14H,5-9,11H2,1-4H3,(H,18,19,20). The van der Waals surface area contributed by atoms with Crippen LogP contribution in [0.4, 0.5) is 5.82 Å². The molecule has 118 valence electrons. The second kappa shape index (κ2) is 7.62. The van der Waals surface area contributed by atoms with E-state index in [2.05, 4.69) is 38.0 Å². The minimum Gasteiger partial charge on any atom is -0.477 e. The Labute approximate surface area is 128 Å². The average Bonchev–Trinajstić information content (AvgIpc) is 2.45. The van der Waals surface area contributed by atoms with E-state index in [4.69, 9.17) is 9.72 Å². The molecule has 0 aliphatic heterocycles. The largest absolute Gasteiger partial charge is 0.477 e. The highest BCUT2D eigenvalue weighted by molar-refractivity contribution is 5.39. The summed E-state index contributed by atoms with van der Waals surface area (Å²) >= 11 is 0. The van der Waals surface area contributed by atoms with E-state index in [0.717, 1.165) is 11.6 Å². The summed E-state index contributed by atoms with van der Waals surface area (Å²) in [5.41, 5.74) is 0. The number of aromatic nitrogens is 2. The first-order valence-electron chi connectivity index (χ1n) is 8.33. The van der Waals surface area contributed by atoms with Crippen molar-refractivity contribution in [3.05, 3.63) is 11.9 Å². The fourth-order valence-corrected chi connectivity index (χ4v) is 2.68. The minimum absolute atomic E-state index is 0.358. The number of anilines is 1. The van der Waals surface area contributed by atoms with Crippen LogP contribution < -0.4 is 10.1 Å². The molecular formula is C17H29N3O. The van der Waals surface area contributed by atoms with Crippen LogP contribution >= 0.6 is 0 Å². The van der Waals surface area contributed by atoms with Crippen LogP contribution in [0.15, 0.2) is 6.07 Å². The fraction of sp³-hybridized carbons (Fsp3) is 0.765. The molecule has 0 amide bonds. The van der Waals surface area contributed by atoms with Gasteiger partial charge in [0.2, 0.25) is 5.88 Å². The number of nitrogens with zero attached hydrogens (tertiary/aromatic N) is 2. The zero-order valence-corrected chi connectivity index (χ0v) is 13.9. The molecule has 1 aliphatic rings. The van der Waals surface area contributed by atoms with Crippen LogP contribution in [0.5, 0.6) is 5.88 Å². The molecule has 1 aromatic rings. The molecule has 0 radical (unpaired) electrons. The van der Waals surface area contributed by atoms with Gasteiger partial charge >= 0.3 is 0 Å². The van der Waals surface area contributed by atoms with Gasteiger partial charge in [-0.05, 0) is 32.6 Å². The van der Waals surface area contributed by atoms with Gasteiger partial charge in [0.25, 0.3) is 0 Å². The van der Waals surface area contributed by atoms with Gasteiger partial charge in [-0.25, -0.2) is 4.98 Å². The third-order valence-corrected chi connectivity index (χ3v) is 3.69. The second-order valence-electron chi connectivity index (χ2n) is 6.79. The summed E-state index contributed by atoms with van der Waals surface area (Å²) in [5, 5.41) is 3.38. The lowest BCUT2D eigenvalue weighted by Gasteiger charge is -2.22. The molecule has 21 heavy (non-hydrogen) atoms. The SMILES string of the molecule is CC(C)COc1cc(NC(C)C)nc(C2CCCCC2)n1. The highest BCUT2D eigenvalue weighted by Crippen LogP contribution is 2.32. The lowest BCUT2D eigenvalue weighted by atomic mass is 9.89. The maximum Gasteiger partial charge on any atom is 0.218 e. The molecule has 1 fully saturated rings. The van der Waals surface area contributed by atoms with Crippen LogP contribution in [0.25, 0.3) is 0 Å². The molecule has 1 aliphatic carbocycles. The van der Waals surface area contributed by atoms with Crippen molar-refractivity contribution >= 4 is 5.82 Å². The lowest BCUT2D eigenvalue weighted by Crippen LogP contribution is -2.16. The van der Waals surface area contributed by atoms with Crippen LogP contribution in [0.3, 0.4) is 0 Å². The molecule has 1 heterocycles. The Balaban J connectivity index is 2.18. The number of hydrogen-bond donors (Lipinski definition) is 1. The molecule has 0 aromatic carbocycles. The summed E-state index contributed by atoms with van der Waals surface area (Å²) in [4.78, 5) is 9.39. The van der Waals surface area contributed by atoms with Gasteiger partial charge in [-0.3, -0.25) is 0 Å². The highest BCUT2D eigenvalue weighted by atomic mass is 16.5. The third-order valence-electron chi connectivity index (χ3n) is 3.69. The van der Waals surface area contributed by atoms with E-state index in [1.54, 1.807) is 0 Å². The first-order chi connectivity index (χ1) is 10.0. The van der Waals surface area contributed by atoms with E-state index in [0.29, 0.717) is 30.4 Å². The summed E-state index contributed by atoms with van der Waals surface area (Å²) < 4.78 is 5.83. The number of ether oxygens (including phenoxy) is 1. The van der Waals surface area contributed by atoms with E-state index in [1.165, 1.54) is 32.1 Å². The number of nitrogens with one attached hydrogen (secondary N) is 1. The predicted molar refractivity (Wildman–Crippen MR) is 86.9 cm³/mol. The first-order valence-corrected chi connectivity index (χ1v) is 8.33. The second-order valence-corrected chi connectivity index (χ2v) is 6.79. The van der Waals surface area contributed by atoms with E-state index >= 15 is 0 Å². The quantitative estimate of drug-likeness (QED) is 0.845. The van der Waals surface area contributed by atoms with Crippen molar-refractivity contribution in [1.82, 2.24) is 9.97 Å². The van der Waals surface area contributed by atoms with Crippen LogP contribution in [-0.2, 0) is 0 Å². The summed E-state index contributed by atoms with van der Waals surface area (Å²) in [5.74, 6) is 3.55. The molecule has 0 bridgehead atoms. The maximum absolute atomic E-state index is 5.83. The monoisotopic (exact) mass is 291 g/mol. The zero-order valence-electron chi connectivity index (χ0n) is 13.9. The van der Waals surface area contributed by atoms with Gasteiger partial charge in [0.15, 0.2) is 0 Å². The molecule has 0 unspecified atom stereocenters. The first kappa shape index (κ1) is 16.1. The topological polar surface area (TPSA) is 47.0 Å². The molecule has 1 saturated carbocycles. The summed E-state index contributed by atoms with van der Waals surface area (Å²) in [6.45, 7) is 9.24. The van der Waals surface area contributed by atoms with E-state index < -0.39 is 0 Å². The molecule has 0 saturated heterocycles. The summed E-state index contributed by atoms with van der Waals surface area (Å²) in [7, 11) is 0. The van der Waals surface area contributed by atoms with Gasteiger partial charge < -0.3 is 10.1 Å². The number of hydrogen-bond acceptors (Lipinski definition) is 4. The molecule has 2 rings (SSSR count). The van der Waals surface area contributed by atoms with Gasteiger partial charge in [0, 0.05) is 18.0 Å². The molecule has 1 N–H and O–H groups in total. The fourth-order valence-electron chi connectivity index (χ4n) is 2.68. The van der Waals surface area contributed by atoms with E-state index in [1.807, 2.05) is 6.07 Å². The van der Waals surface area contributed by atoms with Crippen LogP contribution in [0, 0.1) is 5.92 Å². The Morgan fingerprint density at radius 3 is 2.48 bits per heavy atom. The van der Waals surface area contributed by atoms with Gasteiger partial charge in [-0.1, -0.05) is 33.1 Å². The van der Waals surface area contributed by atoms with Crippen molar-refractivity contribution in [2.24, 2.45) is 5.92 Å². The molecule has 4 heteroatoms. The van der Waals surface area contributed by atoms with Gasteiger partial charge in [-0.2, -0.15) is 4.98 Å². The lowest BCUT2D eigenvalue weighted by molar-refractivity contribution is 0.259.